The maximum Gasteiger partial charge on any atom is 0.231 e. The first-order valence-electron chi connectivity index (χ1n) is 5.36. The summed E-state index contributed by atoms with van der Waals surface area (Å²) < 4.78 is 0. The minimum atomic E-state index is -0.247. The molecule has 0 bridgehead atoms. The summed E-state index contributed by atoms with van der Waals surface area (Å²) in [6.45, 7) is 0. The quantitative estimate of drug-likeness (QED) is 0.822. The van der Waals surface area contributed by atoms with Crippen molar-refractivity contribution < 1.29 is 4.79 Å². The zero-order valence-electron chi connectivity index (χ0n) is 9.29. The van der Waals surface area contributed by atoms with Gasteiger partial charge in [0.2, 0.25) is 5.91 Å². The van der Waals surface area contributed by atoms with E-state index in [0.29, 0.717) is 27.2 Å². The molecular weight excluding hydrogens is 295 g/mol. The molecule has 1 aliphatic carbocycles. The number of rotatable bonds is 2. The predicted octanol–water partition coefficient (Wildman–Crippen LogP) is 3.49. The lowest BCUT2D eigenvalue weighted by molar-refractivity contribution is -0.118. The lowest BCUT2D eigenvalue weighted by Crippen LogP contribution is -2.24. The lowest BCUT2D eigenvalue weighted by Gasteiger charge is -2.13. The summed E-state index contributed by atoms with van der Waals surface area (Å²) in [5, 5.41) is 3.75. The summed E-state index contributed by atoms with van der Waals surface area (Å²) in [5.41, 5.74) is 6.08. The molecular formula is C12H11Cl3N2O. The molecule has 1 amide bonds. The smallest absolute Gasteiger partial charge is 0.231 e. The molecule has 0 saturated heterocycles. The Morgan fingerprint density at radius 1 is 1.22 bits per heavy atom. The van der Waals surface area contributed by atoms with E-state index in [0.717, 1.165) is 0 Å². The maximum atomic E-state index is 12.0. The first-order valence-corrected chi connectivity index (χ1v) is 6.50. The second kappa shape index (κ2) is 5.49. The van der Waals surface area contributed by atoms with Gasteiger partial charge in [-0.25, -0.2) is 0 Å². The average molecular weight is 306 g/mol. The summed E-state index contributed by atoms with van der Waals surface area (Å²) in [4.78, 5) is 12.0. The van der Waals surface area contributed by atoms with Crippen molar-refractivity contribution in [1.29, 1.82) is 0 Å². The average Bonchev–Trinajstić information content (AvgIpc) is 2.70. The first-order chi connectivity index (χ1) is 8.47. The minimum Gasteiger partial charge on any atom is -0.324 e. The number of carbonyl (C=O) groups excluding carboxylic acids is 1. The van der Waals surface area contributed by atoms with Gasteiger partial charge in [0.1, 0.15) is 0 Å². The van der Waals surface area contributed by atoms with Gasteiger partial charge in [0, 0.05) is 11.1 Å². The van der Waals surface area contributed by atoms with E-state index in [1.807, 2.05) is 6.08 Å². The van der Waals surface area contributed by atoms with Crippen LogP contribution in [0.3, 0.4) is 0 Å². The Morgan fingerprint density at radius 3 is 2.33 bits per heavy atom. The van der Waals surface area contributed by atoms with Gasteiger partial charge >= 0.3 is 0 Å². The van der Waals surface area contributed by atoms with Crippen LogP contribution >= 0.6 is 34.8 Å². The number of nitrogens with one attached hydrogen (secondary N) is 1. The highest BCUT2D eigenvalue weighted by molar-refractivity contribution is 6.42. The second-order valence-corrected chi connectivity index (χ2v) is 5.38. The molecule has 2 atom stereocenters. The van der Waals surface area contributed by atoms with E-state index in [1.54, 1.807) is 6.08 Å². The van der Waals surface area contributed by atoms with Crippen molar-refractivity contribution in [3.05, 3.63) is 39.4 Å². The molecule has 1 aromatic rings. The van der Waals surface area contributed by atoms with Crippen LogP contribution in [0.4, 0.5) is 5.69 Å². The number of halogens is 3. The monoisotopic (exact) mass is 304 g/mol. The Kier molecular flexibility index (Phi) is 4.17. The van der Waals surface area contributed by atoms with Gasteiger partial charge in [0.25, 0.3) is 0 Å². The van der Waals surface area contributed by atoms with E-state index in [4.69, 9.17) is 40.5 Å². The molecule has 0 aliphatic heterocycles. The molecule has 0 radical (unpaired) electrons. The summed E-state index contributed by atoms with van der Waals surface area (Å²) in [5.74, 6) is -0.423. The highest BCUT2D eigenvalue weighted by Gasteiger charge is 2.23. The van der Waals surface area contributed by atoms with Crippen LogP contribution in [0.15, 0.2) is 24.3 Å². The zero-order valence-corrected chi connectivity index (χ0v) is 11.6. The van der Waals surface area contributed by atoms with E-state index in [2.05, 4.69) is 5.32 Å². The zero-order chi connectivity index (χ0) is 13.3. The van der Waals surface area contributed by atoms with E-state index < -0.39 is 0 Å². The van der Waals surface area contributed by atoms with E-state index in [-0.39, 0.29) is 17.9 Å². The summed E-state index contributed by atoms with van der Waals surface area (Å²) in [6, 6.07) is 2.98. The molecule has 0 fully saturated rings. The summed E-state index contributed by atoms with van der Waals surface area (Å²) >= 11 is 17.8. The molecule has 0 spiro atoms. The van der Waals surface area contributed by atoms with E-state index in [9.17, 15) is 4.79 Å². The van der Waals surface area contributed by atoms with E-state index >= 15 is 0 Å². The molecule has 18 heavy (non-hydrogen) atoms. The number of hydrogen-bond donors (Lipinski definition) is 2. The summed E-state index contributed by atoms with van der Waals surface area (Å²) in [7, 11) is 0. The first kappa shape index (κ1) is 13.7. The SMILES string of the molecule is NC1C=CC(C(=O)Nc2c(Cl)cc(Cl)cc2Cl)C1. The van der Waals surface area contributed by atoms with Crippen LogP contribution in [0.1, 0.15) is 6.42 Å². The highest BCUT2D eigenvalue weighted by atomic mass is 35.5. The Morgan fingerprint density at radius 2 is 1.83 bits per heavy atom. The van der Waals surface area contributed by atoms with Crippen LogP contribution in [0, 0.1) is 5.92 Å². The third-order valence-corrected chi connectivity index (χ3v) is 3.52. The molecule has 1 aromatic carbocycles. The van der Waals surface area contributed by atoms with Crippen molar-refractivity contribution in [1.82, 2.24) is 0 Å². The molecule has 1 aliphatic rings. The lowest BCUT2D eigenvalue weighted by atomic mass is 10.1. The van der Waals surface area contributed by atoms with Crippen LogP contribution in [0.25, 0.3) is 0 Å². The van der Waals surface area contributed by atoms with Gasteiger partial charge in [-0.1, -0.05) is 47.0 Å². The van der Waals surface area contributed by atoms with Crippen molar-refractivity contribution >= 4 is 46.4 Å². The standard InChI is InChI=1S/C12H11Cl3N2O/c13-7-4-9(14)11(10(15)5-7)17-12(18)6-1-2-8(16)3-6/h1-2,4-6,8H,3,16H2,(H,17,18). The molecule has 2 unspecified atom stereocenters. The van der Waals surface area contributed by atoms with Crippen molar-refractivity contribution in [2.24, 2.45) is 11.7 Å². The Hall–Kier alpha value is -0.740. The second-order valence-electron chi connectivity index (χ2n) is 4.12. The Balaban J connectivity index is 2.15. The normalized spacial score (nSPS) is 22.2. The Bertz CT molecular complexity index is 493. The fourth-order valence-electron chi connectivity index (χ4n) is 1.80. The van der Waals surface area contributed by atoms with Crippen molar-refractivity contribution in [3.63, 3.8) is 0 Å². The van der Waals surface area contributed by atoms with Gasteiger partial charge in [-0.15, -0.1) is 0 Å². The van der Waals surface area contributed by atoms with Gasteiger partial charge in [-0.2, -0.15) is 0 Å². The van der Waals surface area contributed by atoms with E-state index in [1.165, 1.54) is 12.1 Å². The largest absolute Gasteiger partial charge is 0.324 e. The predicted molar refractivity (Wildman–Crippen MR) is 75.3 cm³/mol. The molecule has 96 valence electrons. The van der Waals surface area contributed by atoms with Crippen LogP contribution in [-0.2, 0) is 4.79 Å². The number of carbonyl (C=O) groups is 1. The van der Waals surface area contributed by atoms with Crippen LogP contribution in [-0.4, -0.2) is 11.9 Å². The topological polar surface area (TPSA) is 55.1 Å². The van der Waals surface area contributed by atoms with Gasteiger partial charge in [0.05, 0.1) is 21.7 Å². The highest BCUT2D eigenvalue weighted by Crippen LogP contribution is 2.34. The summed E-state index contributed by atoms with van der Waals surface area (Å²) in [6.07, 6.45) is 4.20. The minimum absolute atomic E-state index is 0.0723. The molecule has 3 N–H and O–H groups in total. The number of hydrogen-bond acceptors (Lipinski definition) is 2. The third kappa shape index (κ3) is 2.98. The molecule has 2 rings (SSSR count). The van der Waals surface area contributed by atoms with Crippen molar-refractivity contribution in [3.8, 4) is 0 Å². The number of benzene rings is 1. The number of amides is 1. The molecule has 3 nitrogen and oxygen atoms in total. The van der Waals surface area contributed by atoms with Crippen LogP contribution < -0.4 is 11.1 Å². The third-order valence-electron chi connectivity index (χ3n) is 2.71. The van der Waals surface area contributed by atoms with Crippen molar-refractivity contribution in [2.45, 2.75) is 12.5 Å². The molecule has 0 saturated carbocycles. The van der Waals surface area contributed by atoms with Gasteiger partial charge in [0.15, 0.2) is 0 Å². The fourth-order valence-corrected chi connectivity index (χ4v) is 2.71. The molecule has 0 heterocycles. The molecule has 6 heteroatoms. The fraction of sp³-hybridized carbons (Fsp3) is 0.250. The van der Waals surface area contributed by atoms with Crippen molar-refractivity contribution in [2.75, 3.05) is 5.32 Å². The van der Waals surface area contributed by atoms with Gasteiger partial charge in [-0.05, 0) is 18.6 Å². The van der Waals surface area contributed by atoms with Crippen LogP contribution in [0.5, 0.6) is 0 Å². The van der Waals surface area contributed by atoms with Crippen LogP contribution in [0.2, 0.25) is 15.1 Å². The maximum absolute atomic E-state index is 12.0. The Labute approximate surface area is 120 Å². The number of nitrogens with two attached hydrogens (primary N) is 1. The van der Waals surface area contributed by atoms with Gasteiger partial charge < -0.3 is 11.1 Å². The number of anilines is 1. The molecule has 0 aromatic heterocycles. The van der Waals surface area contributed by atoms with Gasteiger partial charge in [-0.3, -0.25) is 4.79 Å².